The third-order valence-electron chi connectivity index (χ3n) is 7.04. The summed E-state index contributed by atoms with van der Waals surface area (Å²) < 4.78 is 11.9. The van der Waals surface area contributed by atoms with E-state index in [-0.39, 0.29) is 6.61 Å². The van der Waals surface area contributed by atoms with E-state index in [1.807, 2.05) is 54.6 Å². The second-order valence-corrected chi connectivity index (χ2v) is 9.81. The van der Waals surface area contributed by atoms with Crippen molar-refractivity contribution in [1.82, 2.24) is 9.80 Å². The van der Waals surface area contributed by atoms with Crippen LogP contribution in [0, 0.1) is 0 Å². The van der Waals surface area contributed by atoms with Crippen LogP contribution in [0.25, 0.3) is 21.5 Å². The van der Waals surface area contributed by atoms with Crippen molar-refractivity contribution in [3.8, 4) is 11.5 Å². The Morgan fingerprint density at radius 1 is 0.595 bits per heavy atom. The van der Waals surface area contributed by atoms with Gasteiger partial charge in [0, 0.05) is 56.5 Å². The fraction of sp³-hybridized carbons (Fsp3) is 0.355. The summed E-state index contributed by atoms with van der Waals surface area (Å²) in [4.78, 5) is 4.56. The van der Waals surface area contributed by atoms with E-state index in [0.29, 0.717) is 26.1 Å². The van der Waals surface area contributed by atoms with Crippen molar-refractivity contribution in [2.75, 3.05) is 52.5 Å². The highest BCUT2D eigenvalue weighted by Gasteiger charge is 2.21. The molecule has 0 amide bonds. The molecule has 37 heavy (non-hydrogen) atoms. The van der Waals surface area contributed by atoms with Crippen LogP contribution in [-0.4, -0.2) is 84.7 Å². The first kappa shape index (κ1) is 25.5. The molecule has 1 aliphatic heterocycles. The normalized spacial score (nSPS) is 16.6. The van der Waals surface area contributed by atoms with Crippen molar-refractivity contribution >= 4 is 21.5 Å². The summed E-state index contributed by atoms with van der Waals surface area (Å²) >= 11 is 0. The first-order valence-electron chi connectivity index (χ1n) is 13.2. The second kappa shape index (κ2) is 12.4. The molecule has 6 heteroatoms. The van der Waals surface area contributed by atoms with E-state index in [0.717, 1.165) is 59.2 Å². The number of ether oxygens (including phenoxy) is 2. The maximum atomic E-state index is 10.6. The molecule has 1 saturated heterocycles. The van der Waals surface area contributed by atoms with Crippen LogP contribution in [0.3, 0.4) is 0 Å². The number of hydrogen-bond acceptors (Lipinski definition) is 6. The number of hydrogen-bond donors (Lipinski definition) is 2. The Balaban J connectivity index is 1.00. The highest BCUT2D eigenvalue weighted by Crippen LogP contribution is 2.26. The van der Waals surface area contributed by atoms with E-state index >= 15 is 0 Å². The predicted molar refractivity (Wildman–Crippen MR) is 148 cm³/mol. The van der Waals surface area contributed by atoms with Crippen LogP contribution >= 0.6 is 0 Å². The van der Waals surface area contributed by atoms with Crippen LogP contribution in [0.2, 0.25) is 0 Å². The fourth-order valence-corrected chi connectivity index (χ4v) is 5.03. The van der Waals surface area contributed by atoms with Crippen molar-refractivity contribution in [3.63, 3.8) is 0 Å². The number of rotatable bonds is 11. The van der Waals surface area contributed by atoms with Gasteiger partial charge in [0.1, 0.15) is 24.2 Å². The Morgan fingerprint density at radius 3 is 1.68 bits per heavy atom. The molecule has 1 aliphatic rings. The zero-order valence-corrected chi connectivity index (χ0v) is 21.2. The van der Waals surface area contributed by atoms with Crippen molar-refractivity contribution in [1.29, 1.82) is 0 Å². The lowest BCUT2D eigenvalue weighted by Gasteiger charge is -2.36. The lowest BCUT2D eigenvalue weighted by molar-refractivity contribution is 0.0302. The number of fused-ring (bicyclic) bond motifs is 2. The van der Waals surface area contributed by atoms with E-state index in [4.69, 9.17) is 9.47 Å². The molecule has 194 valence electrons. The monoisotopic (exact) mass is 500 g/mol. The second-order valence-electron chi connectivity index (χ2n) is 9.81. The highest BCUT2D eigenvalue weighted by molar-refractivity contribution is 5.88. The van der Waals surface area contributed by atoms with E-state index in [1.54, 1.807) is 0 Å². The lowest BCUT2D eigenvalue weighted by Crippen LogP contribution is -2.50. The number of piperazine rings is 1. The SMILES string of the molecule is O[C@@H](CCOc1cccc2ccccc12)CN1CCN(C[C@@H](O)COc2cccc3ccccc23)CC1. The van der Waals surface area contributed by atoms with Gasteiger partial charge in [-0.2, -0.15) is 0 Å². The molecular weight excluding hydrogens is 464 g/mol. The Bertz CT molecular complexity index is 1280. The Labute approximate surface area is 218 Å². The molecule has 2 N–H and O–H groups in total. The minimum absolute atomic E-state index is 0.267. The van der Waals surface area contributed by atoms with Crippen LogP contribution in [0.1, 0.15) is 6.42 Å². The zero-order chi connectivity index (χ0) is 25.5. The van der Waals surface area contributed by atoms with E-state index in [2.05, 4.69) is 40.1 Å². The van der Waals surface area contributed by atoms with Gasteiger partial charge in [-0.25, -0.2) is 0 Å². The van der Waals surface area contributed by atoms with Gasteiger partial charge in [0.15, 0.2) is 0 Å². The standard InChI is InChI=1S/C31H36N2O4/c34-26(15-20-36-30-13-5-9-24-7-1-3-11-28(24)30)21-32-16-18-33(19-17-32)22-27(35)23-37-31-14-6-10-25-8-2-4-12-29(25)31/h1-14,26-27,34-35H,15-23H2/t26-,27+/m0/s1. The van der Waals surface area contributed by atoms with Crippen LogP contribution in [0.4, 0.5) is 0 Å². The van der Waals surface area contributed by atoms with Gasteiger partial charge >= 0.3 is 0 Å². The maximum absolute atomic E-state index is 10.6. The number of nitrogens with zero attached hydrogens (tertiary/aromatic N) is 2. The summed E-state index contributed by atoms with van der Waals surface area (Å²) in [6.45, 7) is 5.45. The van der Waals surface area contributed by atoms with Crippen molar-refractivity contribution in [2.24, 2.45) is 0 Å². The molecule has 5 rings (SSSR count). The molecule has 0 unspecified atom stereocenters. The average molecular weight is 501 g/mol. The number of benzene rings is 4. The van der Waals surface area contributed by atoms with Gasteiger partial charge in [0.2, 0.25) is 0 Å². The molecular formula is C31H36N2O4. The molecule has 6 nitrogen and oxygen atoms in total. The number of β-amino-alcohol motifs (C(OH)–C–C–N with tert-alkyl or cyclic N) is 2. The average Bonchev–Trinajstić information content (AvgIpc) is 2.93. The highest BCUT2D eigenvalue weighted by atomic mass is 16.5. The van der Waals surface area contributed by atoms with Crippen molar-refractivity contribution in [3.05, 3.63) is 84.9 Å². The quantitative estimate of drug-likeness (QED) is 0.322. The molecule has 0 saturated carbocycles. The third kappa shape index (κ3) is 6.79. The minimum atomic E-state index is -0.553. The van der Waals surface area contributed by atoms with Gasteiger partial charge in [0.25, 0.3) is 0 Å². The van der Waals surface area contributed by atoms with E-state index < -0.39 is 12.2 Å². The summed E-state index contributed by atoms with van der Waals surface area (Å²) in [5, 5.41) is 25.6. The maximum Gasteiger partial charge on any atom is 0.127 e. The largest absolute Gasteiger partial charge is 0.493 e. The summed E-state index contributed by atoms with van der Waals surface area (Å²) in [6.07, 6.45) is -0.392. The lowest BCUT2D eigenvalue weighted by atomic mass is 10.1. The predicted octanol–water partition coefficient (Wildman–Crippen LogP) is 4.18. The minimum Gasteiger partial charge on any atom is -0.493 e. The molecule has 4 aromatic rings. The van der Waals surface area contributed by atoms with Crippen LogP contribution in [-0.2, 0) is 0 Å². The first-order chi connectivity index (χ1) is 18.2. The van der Waals surface area contributed by atoms with Gasteiger partial charge < -0.3 is 19.7 Å². The van der Waals surface area contributed by atoms with Crippen LogP contribution in [0.5, 0.6) is 11.5 Å². The zero-order valence-electron chi connectivity index (χ0n) is 21.2. The molecule has 0 aliphatic carbocycles. The summed E-state index contributed by atoms with van der Waals surface area (Å²) in [5.41, 5.74) is 0. The van der Waals surface area contributed by atoms with Gasteiger partial charge in [-0.3, -0.25) is 9.80 Å². The van der Waals surface area contributed by atoms with Gasteiger partial charge in [0.05, 0.1) is 12.7 Å². The van der Waals surface area contributed by atoms with E-state index in [1.165, 1.54) is 0 Å². The third-order valence-corrected chi connectivity index (χ3v) is 7.04. The molecule has 1 fully saturated rings. The Morgan fingerprint density at radius 2 is 1.08 bits per heavy atom. The Hall–Kier alpha value is -3.16. The molecule has 0 radical (unpaired) electrons. The molecule has 1 heterocycles. The smallest absolute Gasteiger partial charge is 0.127 e. The number of aliphatic hydroxyl groups is 2. The summed E-state index contributed by atoms with van der Waals surface area (Å²) in [6, 6.07) is 28.3. The van der Waals surface area contributed by atoms with Gasteiger partial charge in [-0.1, -0.05) is 72.8 Å². The Kier molecular flexibility index (Phi) is 8.53. The molecule has 0 bridgehead atoms. The molecule has 0 aromatic heterocycles. The first-order valence-corrected chi connectivity index (χ1v) is 13.2. The summed E-state index contributed by atoms with van der Waals surface area (Å²) in [7, 11) is 0. The van der Waals surface area contributed by atoms with E-state index in [9.17, 15) is 10.2 Å². The van der Waals surface area contributed by atoms with Crippen LogP contribution < -0.4 is 9.47 Å². The molecule has 4 aromatic carbocycles. The molecule has 0 spiro atoms. The number of aliphatic hydroxyl groups excluding tert-OH is 2. The summed E-state index contributed by atoms with van der Waals surface area (Å²) in [5.74, 6) is 1.67. The topological polar surface area (TPSA) is 65.4 Å². The van der Waals surface area contributed by atoms with Gasteiger partial charge in [-0.05, 0) is 22.9 Å². The van der Waals surface area contributed by atoms with Crippen molar-refractivity contribution in [2.45, 2.75) is 18.6 Å². The fourth-order valence-electron chi connectivity index (χ4n) is 5.03. The molecule has 2 atom stereocenters. The van der Waals surface area contributed by atoms with Crippen molar-refractivity contribution < 1.29 is 19.7 Å². The van der Waals surface area contributed by atoms with Crippen LogP contribution in [0.15, 0.2) is 84.9 Å². The van der Waals surface area contributed by atoms with Gasteiger partial charge in [-0.15, -0.1) is 0 Å².